The molecule has 1 aliphatic rings. The normalized spacial score (nSPS) is 17.8. The molecule has 1 heterocycles. The van der Waals surface area contributed by atoms with Gasteiger partial charge in [-0.05, 0) is 48.4 Å². The number of carbonyl (C=O) groups excluding carboxylic acids is 1. The number of anilines is 1. The Morgan fingerprint density at radius 2 is 1.79 bits per heavy atom. The first-order valence-corrected chi connectivity index (χ1v) is 10.6. The Bertz CT molecular complexity index is 1300. The van der Waals surface area contributed by atoms with E-state index < -0.39 is 28.7 Å². The highest BCUT2D eigenvalue weighted by Crippen LogP contribution is 2.36. The van der Waals surface area contributed by atoms with Crippen LogP contribution in [0.15, 0.2) is 77.9 Å². The molecule has 1 aliphatic heterocycles. The van der Waals surface area contributed by atoms with E-state index in [0.717, 1.165) is 29.3 Å². The summed E-state index contributed by atoms with van der Waals surface area (Å²) >= 11 is 6.03. The molecule has 4 rings (SSSR count). The molecule has 1 N–H and O–H groups in total. The number of halogens is 4. The number of amides is 2. The van der Waals surface area contributed by atoms with Gasteiger partial charge in [-0.25, -0.2) is 9.80 Å². The average molecular weight is 483 g/mol. The molecule has 2 amide bonds. The Hall–Kier alpha value is -3.83. The molecule has 0 aromatic heterocycles. The van der Waals surface area contributed by atoms with E-state index in [0.29, 0.717) is 10.7 Å². The Kier molecular flexibility index (Phi) is 6.07. The summed E-state index contributed by atoms with van der Waals surface area (Å²) in [6.45, 7) is 2.17. The minimum absolute atomic E-state index is 0.0612. The standard InChI is InChI=1S/C25H18ClF3N4O/c1-24(18-5-3-2-4-6-18)15-33(32-22(24)16-7-9-19(26)10-8-16)23(34)31-20-11-12-21(25(27,28)29)17(13-20)14-30/h2-13H,15H2,1H3,(H,31,34). The number of hydrogen-bond acceptors (Lipinski definition) is 3. The van der Waals surface area contributed by atoms with Crippen molar-refractivity contribution in [1.29, 1.82) is 5.26 Å². The number of nitrogens with zero attached hydrogens (tertiary/aromatic N) is 3. The number of benzene rings is 3. The van der Waals surface area contributed by atoms with Gasteiger partial charge in [0.25, 0.3) is 0 Å². The quantitative estimate of drug-likeness (QED) is 0.466. The number of nitrogens with one attached hydrogen (secondary N) is 1. The molecule has 172 valence electrons. The molecule has 1 atom stereocenters. The maximum Gasteiger partial charge on any atom is 0.417 e. The van der Waals surface area contributed by atoms with Crippen molar-refractivity contribution in [1.82, 2.24) is 5.01 Å². The molecule has 34 heavy (non-hydrogen) atoms. The molecule has 3 aromatic carbocycles. The Labute approximate surface area is 199 Å². The van der Waals surface area contributed by atoms with E-state index in [4.69, 9.17) is 16.9 Å². The Morgan fingerprint density at radius 1 is 1.12 bits per heavy atom. The number of rotatable bonds is 3. The molecule has 1 unspecified atom stereocenters. The highest BCUT2D eigenvalue weighted by atomic mass is 35.5. The van der Waals surface area contributed by atoms with Crippen molar-refractivity contribution in [3.8, 4) is 6.07 Å². The second kappa shape index (κ2) is 8.84. The predicted molar refractivity (Wildman–Crippen MR) is 124 cm³/mol. The molecule has 0 aliphatic carbocycles. The number of hydrazone groups is 1. The zero-order valence-corrected chi connectivity index (χ0v) is 18.7. The topological polar surface area (TPSA) is 68.5 Å². The molecule has 0 bridgehead atoms. The largest absolute Gasteiger partial charge is 0.417 e. The molecular formula is C25H18ClF3N4O. The van der Waals surface area contributed by atoms with Gasteiger partial charge in [0.05, 0.1) is 34.9 Å². The SMILES string of the molecule is CC1(c2ccccc2)CN(C(=O)Nc2ccc(C(F)(F)F)c(C#N)c2)N=C1c1ccc(Cl)cc1. The lowest BCUT2D eigenvalue weighted by molar-refractivity contribution is -0.137. The van der Waals surface area contributed by atoms with E-state index in [1.54, 1.807) is 12.1 Å². The second-order valence-electron chi connectivity index (χ2n) is 8.01. The Balaban J connectivity index is 1.66. The monoisotopic (exact) mass is 482 g/mol. The summed E-state index contributed by atoms with van der Waals surface area (Å²) in [4.78, 5) is 13.0. The van der Waals surface area contributed by atoms with E-state index in [9.17, 15) is 18.0 Å². The number of urea groups is 1. The van der Waals surface area contributed by atoms with Crippen LogP contribution in [0.4, 0.5) is 23.7 Å². The number of carbonyl (C=O) groups is 1. The van der Waals surface area contributed by atoms with Crippen molar-refractivity contribution >= 4 is 29.0 Å². The lowest BCUT2D eigenvalue weighted by atomic mass is 9.76. The smallest absolute Gasteiger partial charge is 0.306 e. The third-order valence-corrected chi connectivity index (χ3v) is 5.92. The van der Waals surface area contributed by atoms with E-state index in [-0.39, 0.29) is 12.2 Å². The van der Waals surface area contributed by atoms with Gasteiger partial charge in [0.1, 0.15) is 0 Å². The summed E-state index contributed by atoms with van der Waals surface area (Å²) in [7, 11) is 0. The van der Waals surface area contributed by atoms with Crippen LogP contribution < -0.4 is 5.32 Å². The van der Waals surface area contributed by atoms with Gasteiger partial charge in [0.2, 0.25) is 0 Å². The van der Waals surface area contributed by atoms with Gasteiger partial charge >= 0.3 is 12.2 Å². The second-order valence-corrected chi connectivity index (χ2v) is 8.45. The third-order valence-electron chi connectivity index (χ3n) is 5.67. The first-order chi connectivity index (χ1) is 16.1. The van der Waals surface area contributed by atoms with Crippen LogP contribution in [-0.4, -0.2) is 23.3 Å². The molecule has 3 aromatic rings. The minimum Gasteiger partial charge on any atom is -0.306 e. The zero-order valence-electron chi connectivity index (χ0n) is 17.9. The molecule has 9 heteroatoms. The van der Waals surface area contributed by atoms with Crippen molar-refractivity contribution < 1.29 is 18.0 Å². The van der Waals surface area contributed by atoms with Crippen molar-refractivity contribution in [2.45, 2.75) is 18.5 Å². The number of nitriles is 1. The van der Waals surface area contributed by atoms with Crippen molar-refractivity contribution in [2.24, 2.45) is 5.10 Å². The van der Waals surface area contributed by atoms with Crippen LogP contribution in [0.25, 0.3) is 0 Å². The Morgan fingerprint density at radius 3 is 2.41 bits per heavy atom. The summed E-state index contributed by atoms with van der Waals surface area (Å²) < 4.78 is 39.2. The van der Waals surface area contributed by atoms with Crippen LogP contribution in [0.3, 0.4) is 0 Å². The molecule has 0 spiro atoms. The summed E-state index contributed by atoms with van der Waals surface area (Å²) in [5.74, 6) is 0. The summed E-state index contributed by atoms with van der Waals surface area (Å²) in [5, 5.41) is 18.0. The molecule has 0 saturated carbocycles. The van der Waals surface area contributed by atoms with Crippen molar-refractivity contribution in [3.05, 3.63) is 100 Å². The molecular weight excluding hydrogens is 465 g/mol. The van der Waals surface area contributed by atoms with Gasteiger partial charge in [-0.3, -0.25) is 0 Å². The van der Waals surface area contributed by atoms with Gasteiger partial charge in [-0.1, -0.05) is 54.1 Å². The molecule has 5 nitrogen and oxygen atoms in total. The van der Waals surface area contributed by atoms with Crippen LogP contribution in [0.2, 0.25) is 5.02 Å². The fraction of sp³-hybridized carbons (Fsp3) is 0.160. The van der Waals surface area contributed by atoms with Crippen LogP contribution >= 0.6 is 11.6 Å². The minimum atomic E-state index is -4.67. The molecule has 0 radical (unpaired) electrons. The third kappa shape index (κ3) is 4.47. The van der Waals surface area contributed by atoms with E-state index >= 15 is 0 Å². The van der Waals surface area contributed by atoms with Crippen LogP contribution in [0, 0.1) is 11.3 Å². The lowest BCUT2D eigenvalue weighted by Gasteiger charge is -2.27. The van der Waals surface area contributed by atoms with Crippen molar-refractivity contribution in [2.75, 3.05) is 11.9 Å². The van der Waals surface area contributed by atoms with Gasteiger partial charge < -0.3 is 5.32 Å². The summed E-state index contributed by atoms with van der Waals surface area (Å²) in [6.07, 6.45) is -4.67. The van der Waals surface area contributed by atoms with Gasteiger partial charge in [0.15, 0.2) is 0 Å². The zero-order chi connectivity index (χ0) is 24.5. The molecule has 0 saturated heterocycles. The van der Waals surface area contributed by atoms with Gasteiger partial charge in [-0.15, -0.1) is 0 Å². The number of alkyl halides is 3. The summed E-state index contributed by atoms with van der Waals surface area (Å²) in [5.41, 5.74) is 0.152. The van der Waals surface area contributed by atoms with E-state index in [2.05, 4.69) is 10.4 Å². The fourth-order valence-corrected chi connectivity index (χ4v) is 4.05. The van der Waals surface area contributed by atoms with Crippen molar-refractivity contribution in [3.63, 3.8) is 0 Å². The summed E-state index contributed by atoms with van der Waals surface area (Å²) in [6, 6.07) is 20.5. The maximum absolute atomic E-state index is 13.1. The first kappa shape index (κ1) is 23.3. The fourth-order valence-electron chi connectivity index (χ4n) is 3.93. The molecule has 0 fully saturated rings. The average Bonchev–Trinajstić information content (AvgIpc) is 3.18. The highest BCUT2D eigenvalue weighted by Gasteiger charge is 2.43. The van der Waals surface area contributed by atoms with Gasteiger partial charge in [0, 0.05) is 10.7 Å². The first-order valence-electron chi connectivity index (χ1n) is 10.2. The lowest BCUT2D eigenvalue weighted by Crippen LogP contribution is -2.38. The van der Waals surface area contributed by atoms with Gasteiger partial charge in [-0.2, -0.15) is 23.5 Å². The number of hydrogen-bond donors (Lipinski definition) is 1. The van der Waals surface area contributed by atoms with Crippen LogP contribution in [-0.2, 0) is 11.6 Å². The predicted octanol–water partition coefficient (Wildman–Crippen LogP) is 6.44. The highest BCUT2D eigenvalue weighted by molar-refractivity contribution is 6.30. The van der Waals surface area contributed by atoms with E-state index in [1.807, 2.05) is 49.4 Å². The maximum atomic E-state index is 13.1. The van der Waals surface area contributed by atoms with E-state index in [1.165, 1.54) is 11.1 Å². The van der Waals surface area contributed by atoms with Crippen LogP contribution in [0.1, 0.15) is 29.2 Å². The van der Waals surface area contributed by atoms with Crippen LogP contribution in [0.5, 0.6) is 0 Å².